The van der Waals surface area contributed by atoms with Crippen molar-refractivity contribution < 1.29 is 0 Å². The number of nitrogens with one attached hydrogen (secondary N) is 1. The number of rotatable bonds is 2. The van der Waals surface area contributed by atoms with Gasteiger partial charge in [0.05, 0.1) is 0 Å². The van der Waals surface area contributed by atoms with Gasteiger partial charge in [0.1, 0.15) is 0 Å². The van der Waals surface area contributed by atoms with E-state index in [-0.39, 0.29) is 0 Å². The van der Waals surface area contributed by atoms with Crippen molar-refractivity contribution in [3.8, 4) is 0 Å². The van der Waals surface area contributed by atoms with Gasteiger partial charge >= 0.3 is 0 Å². The lowest BCUT2D eigenvalue weighted by atomic mass is 9.79. The second-order valence-electron chi connectivity index (χ2n) is 7.95. The first-order chi connectivity index (χ1) is 10.3. The predicted octanol–water partition coefficient (Wildman–Crippen LogP) is 4.22. The van der Waals surface area contributed by atoms with E-state index in [0.717, 1.165) is 34.7 Å². The molecular weight excluding hydrogens is 278 g/mol. The zero-order valence-corrected chi connectivity index (χ0v) is 13.3. The van der Waals surface area contributed by atoms with Crippen LogP contribution in [0.3, 0.4) is 0 Å². The van der Waals surface area contributed by atoms with Gasteiger partial charge in [-0.05, 0) is 85.5 Å². The molecule has 1 nitrogen and oxygen atoms in total. The minimum Gasteiger partial charge on any atom is -0.310 e. The van der Waals surface area contributed by atoms with Crippen molar-refractivity contribution in [2.75, 3.05) is 0 Å². The van der Waals surface area contributed by atoms with Gasteiger partial charge in [0.2, 0.25) is 0 Å². The van der Waals surface area contributed by atoms with Gasteiger partial charge in [-0.2, -0.15) is 0 Å². The zero-order chi connectivity index (χ0) is 14.0. The van der Waals surface area contributed by atoms with E-state index in [1.807, 2.05) is 6.07 Å². The van der Waals surface area contributed by atoms with E-state index >= 15 is 0 Å². The van der Waals surface area contributed by atoms with Crippen LogP contribution in [0.25, 0.3) is 0 Å². The summed E-state index contributed by atoms with van der Waals surface area (Å²) < 4.78 is 0. The Morgan fingerprint density at radius 1 is 0.952 bits per heavy atom. The van der Waals surface area contributed by atoms with E-state index < -0.39 is 0 Å². The molecule has 4 aliphatic carbocycles. The fourth-order valence-electron chi connectivity index (χ4n) is 6.27. The Hall–Kier alpha value is -0.530. The van der Waals surface area contributed by atoms with Crippen LogP contribution in [0.2, 0.25) is 5.02 Å². The summed E-state index contributed by atoms with van der Waals surface area (Å²) in [4.78, 5) is 0. The standard InChI is InChI=1S/C19H24ClN/c20-14-5-4-11-7-15(8-12(11)6-14)21-19-10-13-9-18(19)17-3-1-2-16(13)17/h4-6,13,15-19,21H,1-3,7-10H2. The molecule has 0 aromatic heterocycles. The molecule has 0 radical (unpaired) electrons. The molecule has 21 heavy (non-hydrogen) atoms. The summed E-state index contributed by atoms with van der Waals surface area (Å²) in [5.74, 6) is 4.22. The summed E-state index contributed by atoms with van der Waals surface area (Å²) in [5, 5.41) is 4.94. The second-order valence-corrected chi connectivity index (χ2v) is 8.38. The Labute approximate surface area is 132 Å². The molecule has 112 valence electrons. The van der Waals surface area contributed by atoms with Gasteiger partial charge < -0.3 is 5.32 Å². The van der Waals surface area contributed by atoms with Crippen molar-refractivity contribution in [3.05, 3.63) is 34.3 Å². The van der Waals surface area contributed by atoms with Crippen molar-refractivity contribution in [3.63, 3.8) is 0 Å². The largest absolute Gasteiger partial charge is 0.310 e. The number of hydrogen-bond acceptors (Lipinski definition) is 1. The van der Waals surface area contributed by atoms with Crippen LogP contribution in [-0.4, -0.2) is 12.1 Å². The first-order valence-corrected chi connectivity index (χ1v) is 9.19. The average molecular weight is 302 g/mol. The lowest BCUT2D eigenvalue weighted by Gasteiger charge is -2.34. The van der Waals surface area contributed by atoms with Crippen molar-refractivity contribution in [2.45, 2.75) is 57.0 Å². The minimum absolute atomic E-state index is 0.655. The maximum absolute atomic E-state index is 6.13. The molecule has 6 atom stereocenters. The summed E-state index contributed by atoms with van der Waals surface area (Å²) in [7, 11) is 0. The van der Waals surface area contributed by atoms with E-state index in [0.29, 0.717) is 6.04 Å². The van der Waals surface area contributed by atoms with E-state index in [2.05, 4.69) is 17.4 Å². The number of hydrogen-bond donors (Lipinski definition) is 1. The summed E-state index contributed by atoms with van der Waals surface area (Å²) in [6, 6.07) is 7.91. The molecule has 1 aromatic carbocycles. The Kier molecular flexibility index (Phi) is 2.92. The summed E-state index contributed by atoms with van der Waals surface area (Å²) in [6.45, 7) is 0. The number of halogens is 1. The third-order valence-electron chi connectivity index (χ3n) is 6.98. The third-order valence-corrected chi connectivity index (χ3v) is 7.21. The van der Waals surface area contributed by atoms with Gasteiger partial charge in [-0.25, -0.2) is 0 Å². The highest BCUT2D eigenvalue weighted by atomic mass is 35.5. The maximum Gasteiger partial charge on any atom is 0.0408 e. The van der Waals surface area contributed by atoms with E-state index in [1.54, 1.807) is 0 Å². The fourth-order valence-corrected chi connectivity index (χ4v) is 6.46. The smallest absolute Gasteiger partial charge is 0.0408 e. The van der Waals surface area contributed by atoms with Crippen molar-refractivity contribution >= 4 is 11.6 Å². The molecule has 3 saturated carbocycles. The topological polar surface area (TPSA) is 12.0 Å². The number of fused-ring (bicyclic) bond motifs is 6. The molecule has 2 bridgehead atoms. The van der Waals surface area contributed by atoms with Crippen LogP contribution in [0.4, 0.5) is 0 Å². The molecule has 5 rings (SSSR count). The highest BCUT2D eigenvalue weighted by Gasteiger charge is 2.53. The summed E-state index contributed by atoms with van der Waals surface area (Å²) in [5.41, 5.74) is 2.99. The normalized spacial score (nSPS) is 43.3. The zero-order valence-electron chi connectivity index (χ0n) is 12.5. The molecule has 0 saturated heterocycles. The van der Waals surface area contributed by atoms with Crippen molar-refractivity contribution in [2.24, 2.45) is 23.7 Å². The second kappa shape index (κ2) is 4.73. The Morgan fingerprint density at radius 2 is 1.81 bits per heavy atom. The molecule has 0 heterocycles. The SMILES string of the molecule is Clc1ccc2c(c1)CC(NC1CC3CC1C1CCCC31)C2. The van der Waals surface area contributed by atoms with Gasteiger partial charge in [-0.15, -0.1) is 0 Å². The minimum atomic E-state index is 0.655. The fraction of sp³-hybridized carbons (Fsp3) is 0.684. The first kappa shape index (κ1) is 13.0. The summed E-state index contributed by atoms with van der Waals surface area (Å²) in [6.07, 6.45) is 9.92. The van der Waals surface area contributed by atoms with Gasteiger partial charge in [0, 0.05) is 17.1 Å². The highest BCUT2D eigenvalue weighted by Crippen LogP contribution is 2.58. The predicted molar refractivity (Wildman–Crippen MR) is 86.6 cm³/mol. The molecule has 1 N–H and O–H groups in total. The molecule has 6 unspecified atom stereocenters. The first-order valence-electron chi connectivity index (χ1n) is 8.81. The molecule has 0 spiro atoms. The Morgan fingerprint density at radius 3 is 2.76 bits per heavy atom. The lowest BCUT2D eigenvalue weighted by Crippen LogP contribution is -2.45. The molecule has 4 aliphatic rings. The van der Waals surface area contributed by atoms with Crippen LogP contribution in [0.15, 0.2) is 18.2 Å². The van der Waals surface area contributed by atoms with Crippen LogP contribution in [0.5, 0.6) is 0 Å². The van der Waals surface area contributed by atoms with E-state index in [1.165, 1.54) is 56.1 Å². The van der Waals surface area contributed by atoms with Crippen LogP contribution >= 0.6 is 11.6 Å². The molecule has 2 heteroatoms. The van der Waals surface area contributed by atoms with Gasteiger partial charge in [-0.1, -0.05) is 24.1 Å². The number of benzene rings is 1. The monoisotopic (exact) mass is 301 g/mol. The molecular formula is C19H24ClN. The van der Waals surface area contributed by atoms with E-state index in [9.17, 15) is 0 Å². The molecule has 0 amide bonds. The summed E-state index contributed by atoms with van der Waals surface area (Å²) >= 11 is 6.13. The molecule has 3 fully saturated rings. The Balaban J connectivity index is 1.28. The Bertz CT molecular complexity index is 569. The van der Waals surface area contributed by atoms with Crippen LogP contribution in [-0.2, 0) is 12.8 Å². The van der Waals surface area contributed by atoms with Crippen molar-refractivity contribution in [1.82, 2.24) is 5.32 Å². The van der Waals surface area contributed by atoms with Crippen LogP contribution in [0.1, 0.15) is 43.2 Å². The van der Waals surface area contributed by atoms with Crippen molar-refractivity contribution in [1.29, 1.82) is 0 Å². The molecule has 0 aliphatic heterocycles. The highest BCUT2D eigenvalue weighted by molar-refractivity contribution is 6.30. The third kappa shape index (κ3) is 2.00. The van der Waals surface area contributed by atoms with Gasteiger partial charge in [0.15, 0.2) is 0 Å². The molecule has 1 aromatic rings. The van der Waals surface area contributed by atoms with Crippen LogP contribution in [0, 0.1) is 23.7 Å². The van der Waals surface area contributed by atoms with Gasteiger partial charge in [0.25, 0.3) is 0 Å². The maximum atomic E-state index is 6.13. The lowest BCUT2D eigenvalue weighted by molar-refractivity contribution is 0.198. The van der Waals surface area contributed by atoms with Gasteiger partial charge in [-0.3, -0.25) is 0 Å². The quantitative estimate of drug-likeness (QED) is 0.862. The van der Waals surface area contributed by atoms with Crippen LogP contribution < -0.4 is 5.32 Å². The average Bonchev–Trinajstić information content (AvgIpc) is 3.17. The van der Waals surface area contributed by atoms with E-state index in [4.69, 9.17) is 11.6 Å².